The van der Waals surface area contributed by atoms with E-state index in [0.717, 1.165) is 57.8 Å². The molecule has 4 heteroatoms. The molecule has 1 aromatic heterocycles. The molecule has 0 saturated carbocycles. The Balaban J connectivity index is 1.75. The molecule has 0 fully saturated rings. The third kappa shape index (κ3) is 3.41. The van der Waals surface area contributed by atoms with Crippen LogP contribution >= 0.6 is 0 Å². The summed E-state index contributed by atoms with van der Waals surface area (Å²) in [6.07, 6.45) is 1.02. The fourth-order valence-electron chi connectivity index (χ4n) is 3.64. The van der Waals surface area contributed by atoms with Crippen molar-refractivity contribution in [2.75, 3.05) is 11.5 Å². The summed E-state index contributed by atoms with van der Waals surface area (Å²) in [5.41, 5.74) is 18.4. The summed E-state index contributed by atoms with van der Waals surface area (Å²) < 4.78 is 8.28. The van der Waals surface area contributed by atoms with Crippen molar-refractivity contribution < 1.29 is 4.74 Å². The van der Waals surface area contributed by atoms with Crippen molar-refractivity contribution in [2.24, 2.45) is 0 Å². The van der Waals surface area contributed by atoms with Crippen molar-refractivity contribution in [3.05, 3.63) is 78.4 Å². The Bertz CT molecular complexity index is 1100. The first-order valence-electron chi connectivity index (χ1n) is 9.61. The van der Waals surface area contributed by atoms with Gasteiger partial charge in [-0.3, -0.25) is 0 Å². The van der Waals surface area contributed by atoms with E-state index in [0.29, 0.717) is 6.61 Å². The number of hydrogen-bond acceptors (Lipinski definition) is 3. The first kappa shape index (κ1) is 18.0. The minimum Gasteiger partial charge on any atom is -0.489 e. The van der Waals surface area contributed by atoms with Crippen LogP contribution < -0.4 is 16.2 Å². The van der Waals surface area contributed by atoms with Gasteiger partial charge in [0.25, 0.3) is 0 Å². The van der Waals surface area contributed by atoms with Gasteiger partial charge in [-0.15, -0.1) is 0 Å². The van der Waals surface area contributed by atoms with Gasteiger partial charge < -0.3 is 20.8 Å². The lowest BCUT2D eigenvalue weighted by molar-refractivity contribution is 0.306. The first-order chi connectivity index (χ1) is 13.7. The van der Waals surface area contributed by atoms with Crippen LogP contribution in [0.25, 0.3) is 22.2 Å². The molecule has 0 radical (unpaired) electrons. The second-order valence-corrected chi connectivity index (χ2v) is 6.99. The molecule has 1 heterocycles. The van der Waals surface area contributed by atoms with Crippen LogP contribution in [0, 0.1) is 0 Å². The van der Waals surface area contributed by atoms with Crippen molar-refractivity contribution in [1.82, 2.24) is 4.57 Å². The Hall–Kier alpha value is -3.40. The van der Waals surface area contributed by atoms with Crippen molar-refractivity contribution in [2.45, 2.75) is 26.5 Å². The molecule has 0 unspecified atom stereocenters. The predicted molar refractivity (Wildman–Crippen MR) is 117 cm³/mol. The van der Waals surface area contributed by atoms with E-state index < -0.39 is 0 Å². The van der Waals surface area contributed by atoms with Gasteiger partial charge in [-0.25, -0.2) is 0 Å². The van der Waals surface area contributed by atoms with Gasteiger partial charge in [-0.1, -0.05) is 49.4 Å². The maximum Gasteiger partial charge on any atom is 0.120 e. The van der Waals surface area contributed by atoms with Gasteiger partial charge >= 0.3 is 0 Å². The van der Waals surface area contributed by atoms with Gasteiger partial charge in [-0.2, -0.15) is 0 Å². The Morgan fingerprint density at radius 2 is 1.71 bits per heavy atom. The molecule has 0 bridgehead atoms. The number of benzene rings is 3. The smallest absolute Gasteiger partial charge is 0.120 e. The van der Waals surface area contributed by atoms with Crippen LogP contribution in [0.1, 0.15) is 18.9 Å². The summed E-state index contributed by atoms with van der Waals surface area (Å²) in [5, 5.41) is 1.01. The molecule has 4 rings (SSSR count). The summed E-state index contributed by atoms with van der Waals surface area (Å²) in [6, 6.07) is 24.2. The maximum absolute atomic E-state index is 6.61. The molecule has 0 aliphatic heterocycles. The maximum atomic E-state index is 6.61. The number of nitrogens with zero attached hydrogens (tertiary/aromatic N) is 1. The molecule has 142 valence electrons. The van der Waals surface area contributed by atoms with Crippen molar-refractivity contribution in [3.8, 4) is 17.0 Å². The largest absolute Gasteiger partial charge is 0.489 e. The summed E-state index contributed by atoms with van der Waals surface area (Å²) in [5.74, 6) is 0.816. The highest BCUT2D eigenvalue weighted by molar-refractivity contribution is 6.01. The van der Waals surface area contributed by atoms with Crippen LogP contribution in [0.2, 0.25) is 0 Å². The molecular formula is C24H25N3O. The molecule has 0 spiro atoms. The second-order valence-electron chi connectivity index (χ2n) is 6.99. The van der Waals surface area contributed by atoms with E-state index in [1.807, 2.05) is 48.5 Å². The fraction of sp³-hybridized carbons (Fsp3) is 0.167. The third-order valence-corrected chi connectivity index (χ3v) is 4.93. The Morgan fingerprint density at radius 3 is 2.46 bits per heavy atom. The standard InChI is InChI=1S/C24H25N3O/c1-2-13-27-22-12-11-20(28-16-17-7-4-3-5-8-17)15-21(22)23(26)24(27)18-9-6-10-19(25)14-18/h3-12,14-15H,2,13,16,25-26H2,1H3. The van der Waals surface area contributed by atoms with Crippen LogP contribution in [-0.4, -0.2) is 4.57 Å². The SMILES string of the molecule is CCCn1c(-c2cccc(N)c2)c(N)c2cc(OCc3ccccc3)ccc21. The van der Waals surface area contributed by atoms with Crippen molar-refractivity contribution in [3.63, 3.8) is 0 Å². The van der Waals surface area contributed by atoms with Gasteiger partial charge in [-0.05, 0) is 42.3 Å². The van der Waals surface area contributed by atoms with Gasteiger partial charge in [0.2, 0.25) is 0 Å². The lowest BCUT2D eigenvalue weighted by atomic mass is 10.1. The molecule has 4 aromatic rings. The van der Waals surface area contributed by atoms with Gasteiger partial charge in [0.1, 0.15) is 12.4 Å². The Labute approximate surface area is 165 Å². The zero-order valence-electron chi connectivity index (χ0n) is 16.1. The van der Waals surface area contributed by atoms with E-state index in [9.17, 15) is 0 Å². The lowest BCUT2D eigenvalue weighted by Crippen LogP contribution is -2.01. The highest BCUT2D eigenvalue weighted by atomic mass is 16.5. The molecule has 0 amide bonds. The molecule has 0 saturated heterocycles. The third-order valence-electron chi connectivity index (χ3n) is 4.93. The number of aromatic nitrogens is 1. The number of nitrogen functional groups attached to an aromatic ring is 2. The van der Waals surface area contributed by atoms with E-state index >= 15 is 0 Å². The second kappa shape index (κ2) is 7.69. The fourth-order valence-corrected chi connectivity index (χ4v) is 3.64. The highest BCUT2D eigenvalue weighted by Crippen LogP contribution is 2.38. The molecule has 28 heavy (non-hydrogen) atoms. The summed E-state index contributed by atoms with van der Waals surface area (Å²) >= 11 is 0. The number of anilines is 2. The molecule has 0 aliphatic rings. The molecule has 4 N–H and O–H groups in total. The molecule has 4 nitrogen and oxygen atoms in total. The Morgan fingerprint density at radius 1 is 0.893 bits per heavy atom. The van der Waals surface area contributed by atoms with E-state index in [-0.39, 0.29) is 0 Å². The van der Waals surface area contributed by atoms with E-state index in [2.05, 4.69) is 35.8 Å². The highest BCUT2D eigenvalue weighted by Gasteiger charge is 2.17. The number of rotatable bonds is 6. The van der Waals surface area contributed by atoms with E-state index in [1.54, 1.807) is 0 Å². The van der Waals surface area contributed by atoms with Crippen LogP contribution in [0.3, 0.4) is 0 Å². The average molecular weight is 371 g/mol. The zero-order valence-corrected chi connectivity index (χ0v) is 16.1. The topological polar surface area (TPSA) is 66.2 Å². The van der Waals surface area contributed by atoms with Crippen LogP contribution in [-0.2, 0) is 13.2 Å². The van der Waals surface area contributed by atoms with Crippen molar-refractivity contribution in [1.29, 1.82) is 0 Å². The number of aryl methyl sites for hydroxylation is 1. The summed E-state index contributed by atoms with van der Waals surface area (Å²) in [6.45, 7) is 3.59. The first-order valence-corrected chi connectivity index (χ1v) is 9.61. The van der Waals surface area contributed by atoms with Gasteiger partial charge in [0, 0.05) is 23.2 Å². The average Bonchev–Trinajstić information content (AvgIpc) is 2.99. The van der Waals surface area contributed by atoms with Crippen LogP contribution in [0.5, 0.6) is 5.75 Å². The normalized spacial score (nSPS) is 11.0. The van der Waals surface area contributed by atoms with Crippen LogP contribution in [0.15, 0.2) is 72.8 Å². The minimum absolute atomic E-state index is 0.532. The van der Waals surface area contributed by atoms with E-state index in [4.69, 9.17) is 16.2 Å². The zero-order chi connectivity index (χ0) is 19.5. The molecule has 0 atom stereocenters. The molecule has 3 aromatic carbocycles. The van der Waals surface area contributed by atoms with Crippen LogP contribution in [0.4, 0.5) is 11.4 Å². The molecule has 0 aliphatic carbocycles. The van der Waals surface area contributed by atoms with E-state index in [1.165, 1.54) is 0 Å². The molecular weight excluding hydrogens is 346 g/mol. The summed E-state index contributed by atoms with van der Waals surface area (Å²) in [7, 11) is 0. The summed E-state index contributed by atoms with van der Waals surface area (Å²) in [4.78, 5) is 0. The minimum atomic E-state index is 0.532. The number of ether oxygens (including phenoxy) is 1. The van der Waals surface area contributed by atoms with Gasteiger partial charge in [0.15, 0.2) is 0 Å². The monoisotopic (exact) mass is 371 g/mol. The number of hydrogen-bond donors (Lipinski definition) is 2. The number of fused-ring (bicyclic) bond motifs is 1. The predicted octanol–water partition coefficient (Wildman–Crippen LogP) is 5.46. The quantitative estimate of drug-likeness (QED) is 0.442. The Kier molecular flexibility index (Phi) is 4.94. The van der Waals surface area contributed by atoms with Crippen molar-refractivity contribution >= 4 is 22.3 Å². The number of nitrogens with two attached hydrogens (primary N) is 2. The lowest BCUT2D eigenvalue weighted by Gasteiger charge is -2.11. The van der Waals surface area contributed by atoms with Gasteiger partial charge in [0.05, 0.1) is 16.9 Å².